The van der Waals surface area contributed by atoms with Crippen LogP contribution in [0.3, 0.4) is 0 Å². The number of hydrogen-bond donors (Lipinski definition) is 1. The average Bonchev–Trinajstić information content (AvgIpc) is 3.08. The van der Waals surface area contributed by atoms with Gasteiger partial charge in [-0.2, -0.15) is 23.5 Å². The van der Waals surface area contributed by atoms with Gasteiger partial charge in [0.1, 0.15) is 11.6 Å². The summed E-state index contributed by atoms with van der Waals surface area (Å²) in [5.74, 6) is 5.19. The maximum atomic E-state index is 4.76. The molecule has 2 heterocycles. The first-order chi connectivity index (χ1) is 9.36. The Bertz CT molecular complexity index is 445. The minimum atomic E-state index is 0.841. The summed E-state index contributed by atoms with van der Waals surface area (Å²) in [6.07, 6.45) is 5.57. The lowest BCUT2D eigenvalue weighted by Gasteiger charge is -2.12. The van der Waals surface area contributed by atoms with Gasteiger partial charge in [-0.15, -0.1) is 0 Å². The molecule has 1 aromatic heterocycles. The van der Waals surface area contributed by atoms with E-state index >= 15 is 0 Å². The molecule has 0 atom stereocenters. The Morgan fingerprint density at radius 2 is 2.11 bits per heavy atom. The first kappa shape index (κ1) is 13.6. The molecule has 2 aliphatic rings. The molecule has 0 saturated heterocycles. The third-order valence-electron chi connectivity index (χ3n) is 3.72. The Kier molecular flexibility index (Phi) is 4.53. The molecule has 0 amide bonds. The Morgan fingerprint density at radius 1 is 1.26 bits per heavy atom. The summed E-state index contributed by atoms with van der Waals surface area (Å²) in [7, 11) is 0. The third kappa shape index (κ3) is 3.19. The summed E-state index contributed by atoms with van der Waals surface area (Å²) < 4.78 is 0. The van der Waals surface area contributed by atoms with Gasteiger partial charge < -0.3 is 5.32 Å². The highest BCUT2D eigenvalue weighted by Crippen LogP contribution is 2.35. The number of fused-ring (bicyclic) bond motifs is 1. The van der Waals surface area contributed by atoms with E-state index in [0.717, 1.165) is 40.7 Å². The van der Waals surface area contributed by atoms with Crippen LogP contribution in [0.1, 0.15) is 49.7 Å². The second-order valence-electron chi connectivity index (χ2n) is 5.15. The van der Waals surface area contributed by atoms with Crippen molar-refractivity contribution in [3.8, 4) is 0 Å². The van der Waals surface area contributed by atoms with Gasteiger partial charge in [-0.3, -0.25) is 0 Å². The van der Waals surface area contributed by atoms with Gasteiger partial charge in [-0.05, 0) is 19.8 Å². The lowest BCUT2D eigenvalue weighted by Crippen LogP contribution is -2.08. The van der Waals surface area contributed by atoms with Crippen molar-refractivity contribution in [1.82, 2.24) is 9.97 Å². The minimum Gasteiger partial charge on any atom is -0.370 e. The van der Waals surface area contributed by atoms with Crippen LogP contribution in [0, 0.1) is 0 Å². The minimum absolute atomic E-state index is 0.841. The second-order valence-corrected chi connectivity index (χ2v) is 7.43. The number of rotatable bonds is 5. The molecule has 0 aromatic carbocycles. The van der Waals surface area contributed by atoms with Gasteiger partial charge >= 0.3 is 0 Å². The normalized spacial score (nSPS) is 18.8. The van der Waals surface area contributed by atoms with Gasteiger partial charge in [-0.25, -0.2) is 9.97 Å². The van der Waals surface area contributed by atoms with Crippen LogP contribution in [0.15, 0.2) is 0 Å². The Morgan fingerprint density at radius 3 is 2.89 bits per heavy atom. The number of aromatic nitrogens is 2. The molecule has 1 aliphatic carbocycles. The highest BCUT2D eigenvalue weighted by Gasteiger charge is 2.21. The summed E-state index contributed by atoms with van der Waals surface area (Å²) >= 11 is 4.00. The van der Waals surface area contributed by atoms with E-state index < -0.39 is 0 Å². The molecule has 1 aliphatic heterocycles. The van der Waals surface area contributed by atoms with Crippen LogP contribution in [0.5, 0.6) is 0 Å². The Labute approximate surface area is 123 Å². The van der Waals surface area contributed by atoms with Gasteiger partial charge in [0.25, 0.3) is 0 Å². The molecule has 0 spiro atoms. The fourth-order valence-corrected chi connectivity index (χ4v) is 4.95. The lowest BCUT2D eigenvalue weighted by molar-refractivity contribution is 0.886. The summed E-state index contributed by atoms with van der Waals surface area (Å²) in [5, 5.41) is 4.24. The molecule has 0 unspecified atom stereocenters. The van der Waals surface area contributed by atoms with Crippen molar-refractivity contribution in [2.24, 2.45) is 0 Å². The molecular formula is C14H21N3S2. The van der Waals surface area contributed by atoms with Crippen LogP contribution < -0.4 is 5.32 Å². The second kappa shape index (κ2) is 6.35. The van der Waals surface area contributed by atoms with Gasteiger partial charge in [0, 0.05) is 28.9 Å². The SMILES string of the molecule is CCNc1nc(CSC2CCCC2)nc2c1CSC2. The molecule has 1 saturated carbocycles. The van der Waals surface area contributed by atoms with E-state index in [1.165, 1.54) is 36.9 Å². The first-order valence-electron chi connectivity index (χ1n) is 7.18. The molecule has 1 N–H and O–H groups in total. The third-order valence-corrected chi connectivity index (χ3v) is 6.06. The predicted octanol–water partition coefficient (Wildman–Crippen LogP) is 3.83. The standard InChI is InChI=1S/C14H21N3S2/c1-2-15-14-11-7-18-8-12(11)16-13(17-14)9-19-10-5-3-4-6-10/h10H,2-9H2,1H3,(H,15,16,17). The number of thioether (sulfide) groups is 2. The van der Waals surface area contributed by atoms with E-state index in [-0.39, 0.29) is 0 Å². The van der Waals surface area contributed by atoms with Crippen molar-refractivity contribution in [3.05, 3.63) is 17.1 Å². The zero-order valence-corrected chi connectivity index (χ0v) is 13.1. The summed E-state index contributed by atoms with van der Waals surface area (Å²) in [6.45, 7) is 3.06. The van der Waals surface area contributed by atoms with Crippen molar-refractivity contribution < 1.29 is 0 Å². The highest BCUT2D eigenvalue weighted by atomic mass is 32.2. The molecule has 19 heavy (non-hydrogen) atoms. The fourth-order valence-electron chi connectivity index (χ4n) is 2.73. The van der Waals surface area contributed by atoms with Gasteiger partial charge in [-0.1, -0.05) is 12.8 Å². The smallest absolute Gasteiger partial charge is 0.140 e. The molecule has 1 aromatic rings. The van der Waals surface area contributed by atoms with Gasteiger partial charge in [0.05, 0.1) is 11.4 Å². The van der Waals surface area contributed by atoms with Gasteiger partial charge in [0.15, 0.2) is 0 Å². The van der Waals surface area contributed by atoms with Crippen molar-refractivity contribution >= 4 is 29.3 Å². The maximum absolute atomic E-state index is 4.76. The van der Waals surface area contributed by atoms with Crippen LogP contribution in [-0.2, 0) is 17.3 Å². The number of anilines is 1. The van der Waals surface area contributed by atoms with E-state index in [9.17, 15) is 0 Å². The van der Waals surface area contributed by atoms with E-state index in [4.69, 9.17) is 9.97 Å². The van der Waals surface area contributed by atoms with E-state index in [1.807, 2.05) is 23.5 Å². The topological polar surface area (TPSA) is 37.8 Å². The Balaban J connectivity index is 1.72. The average molecular weight is 295 g/mol. The van der Waals surface area contributed by atoms with Crippen molar-refractivity contribution in [1.29, 1.82) is 0 Å². The molecule has 3 rings (SSSR count). The molecule has 5 heteroatoms. The van der Waals surface area contributed by atoms with Crippen LogP contribution in [0.25, 0.3) is 0 Å². The zero-order valence-electron chi connectivity index (χ0n) is 11.4. The molecule has 1 fully saturated rings. The number of hydrogen-bond acceptors (Lipinski definition) is 5. The van der Waals surface area contributed by atoms with E-state index in [2.05, 4.69) is 12.2 Å². The highest BCUT2D eigenvalue weighted by molar-refractivity contribution is 7.99. The van der Waals surface area contributed by atoms with Crippen LogP contribution >= 0.6 is 23.5 Å². The number of nitrogens with zero attached hydrogens (tertiary/aromatic N) is 2. The Hall–Kier alpha value is -0.420. The molecular weight excluding hydrogens is 274 g/mol. The van der Waals surface area contributed by atoms with Crippen molar-refractivity contribution in [2.75, 3.05) is 11.9 Å². The van der Waals surface area contributed by atoms with Crippen LogP contribution in [-0.4, -0.2) is 21.8 Å². The molecule has 0 radical (unpaired) electrons. The predicted molar refractivity (Wildman–Crippen MR) is 84.7 cm³/mol. The largest absolute Gasteiger partial charge is 0.370 e. The van der Waals surface area contributed by atoms with Crippen LogP contribution in [0.2, 0.25) is 0 Å². The summed E-state index contributed by atoms with van der Waals surface area (Å²) in [4.78, 5) is 9.50. The first-order valence-corrected chi connectivity index (χ1v) is 9.39. The summed E-state index contributed by atoms with van der Waals surface area (Å²) in [6, 6.07) is 0. The monoisotopic (exact) mass is 295 g/mol. The van der Waals surface area contributed by atoms with E-state index in [1.54, 1.807) is 0 Å². The van der Waals surface area contributed by atoms with Crippen molar-refractivity contribution in [3.63, 3.8) is 0 Å². The molecule has 3 nitrogen and oxygen atoms in total. The van der Waals surface area contributed by atoms with Crippen LogP contribution in [0.4, 0.5) is 5.82 Å². The van der Waals surface area contributed by atoms with Crippen molar-refractivity contribution in [2.45, 2.75) is 55.1 Å². The quantitative estimate of drug-likeness (QED) is 0.893. The van der Waals surface area contributed by atoms with E-state index in [0.29, 0.717) is 0 Å². The molecule has 104 valence electrons. The van der Waals surface area contributed by atoms with Gasteiger partial charge in [0.2, 0.25) is 0 Å². The zero-order chi connectivity index (χ0) is 13.1. The maximum Gasteiger partial charge on any atom is 0.140 e. The molecule has 0 bridgehead atoms. The number of nitrogens with one attached hydrogen (secondary N) is 1. The fraction of sp³-hybridized carbons (Fsp3) is 0.714. The lowest BCUT2D eigenvalue weighted by atomic mass is 10.2. The summed E-state index contributed by atoms with van der Waals surface area (Å²) in [5.41, 5.74) is 2.60.